The van der Waals surface area contributed by atoms with E-state index in [4.69, 9.17) is 15.5 Å². The molecule has 2 aromatic rings. The molecule has 1 aromatic carbocycles. The molecule has 0 saturated heterocycles. The topological polar surface area (TPSA) is 115 Å². The zero-order chi connectivity index (χ0) is 18.4. The van der Waals surface area contributed by atoms with Gasteiger partial charge in [-0.15, -0.1) is 11.3 Å². The minimum atomic E-state index is -1.36. The molecule has 3 N–H and O–H groups in total. The van der Waals surface area contributed by atoms with Crippen LogP contribution >= 0.6 is 11.3 Å². The molecule has 0 aliphatic rings. The van der Waals surface area contributed by atoms with Gasteiger partial charge in [0.1, 0.15) is 15.3 Å². The van der Waals surface area contributed by atoms with Crippen LogP contribution in [0.4, 0.5) is 5.69 Å². The van der Waals surface area contributed by atoms with Crippen molar-refractivity contribution in [3.05, 3.63) is 49.4 Å². The highest BCUT2D eigenvalue weighted by molar-refractivity contribution is 7.07. The van der Waals surface area contributed by atoms with Crippen LogP contribution in [0.1, 0.15) is 12.5 Å². The lowest BCUT2D eigenvalue weighted by Gasteiger charge is -2.03. The van der Waals surface area contributed by atoms with Gasteiger partial charge in [-0.1, -0.05) is 12.1 Å². The van der Waals surface area contributed by atoms with Gasteiger partial charge in [0.05, 0.1) is 0 Å². The molecule has 0 aliphatic carbocycles. The van der Waals surface area contributed by atoms with Crippen molar-refractivity contribution in [2.24, 2.45) is 0 Å². The second-order valence-electron chi connectivity index (χ2n) is 5.08. The molecular formula is C17H17N3O4S. The van der Waals surface area contributed by atoms with Crippen LogP contribution < -0.4 is 20.1 Å². The van der Waals surface area contributed by atoms with Crippen molar-refractivity contribution in [2.45, 2.75) is 19.9 Å². The highest BCUT2D eigenvalue weighted by atomic mass is 32.1. The Balaban J connectivity index is 2.51. The summed E-state index contributed by atoms with van der Waals surface area (Å²) in [5.74, 6) is -1.36. The number of hydrogen-bond donors (Lipinski definition) is 3. The number of nitriles is 1. The summed E-state index contributed by atoms with van der Waals surface area (Å²) in [4.78, 5) is 23.6. The van der Waals surface area contributed by atoms with Crippen molar-refractivity contribution in [2.75, 3.05) is 11.9 Å². The van der Waals surface area contributed by atoms with Crippen LogP contribution in [0.3, 0.4) is 0 Å². The minimum absolute atomic E-state index is 0.0463. The number of hydrogen-bond acceptors (Lipinski definition) is 6. The summed E-state index contributed by atoms with van der Waals surface area (Å²) in [7, 11) is 0. The molecular weight excluding hydrogens is 342 g/mol. The number of anilines is 1. The summed E-state index contributed by atoms with van der Waals surface area (Å²) < 4.78 is 1.70. The van der Waals surface area contributed by atoms with E-state index >= 15 is 0 Å². The summed E-state index contributed by atoms with van der Waals surface area (Å²) in [6, 6.07) is 9.02. The molecule has 0 bridgehead atoms. The summed E-state index contributed by atoms with van der Waals surface area (Å²) >= 11 is 0.957. The van der Waals surface area contributed by atoms with Gasteiger partial charge < -0.3 is 15.5 Å². The number of nitrogens with zero attached hydrogens (tertiary/aromatic N) is 2. The second-order valence-corrected chi connectivity index (χ2v) is 6.11. The van der Waals surface area contributed by atoms with E-state index in [1.54, 1.807) is 13.0 Å². The number of aliphatic hydroxyl groups is 1. The fourth-order valence-corrected chi connectivity index (χ4v) is 3.36. The van der Waals surface area contributed by atoms with Gasteiger partial charge >= 0.3 is 5.97 Å². The Morgan fingerprint density at radius 1 is 1.48 bits per heavy atom. The van der Waals surface area contributed by atoms with Crippen molar-refractivity contribution >= 4 is 34.8 Å². The Labute approximate surface area is 147 Å². The quantitative estimate of drug-likeness (QED) is 0.672. The molecule has 8 heteroatoms. The van der Waals surface area contributed by atoms with E-state index in [9.17, 15) is 9.59 Å². The second kappa shape index (κ2) is 8.28. The van der Waals surface area contributed by atoms with Crippen LogP contribution in [-0.2, 0) is 17.8 Å². The number of aliphatic carboxylic acids is 1. The Morgan fingerprint density at radius 3 is 2.84 bits per heavy atom. The van der Waals surface area contributed by atoms with Crippen molar-refractivity contribution in [1.29, 1.82) is 5.26 Å². The molecule has 2 rings (SSSR count). The smallest absolute Gasteiger partial charge is 0.349 e. The van der Waals surface area contributed by atoms with E-state index in [1.165, 1.54) is 10.8 Å². The van der Waals surface area contributed by atoms with Gasteiger partial charge in [0.2, 0.25) is 0 Å². The number of benzene rings is 1. The number of thiazole rings is 1. The predicted octanol–water partition coefficient (Wildman–Crippen LogP) is 0.0735. The average molecular weight is 359 g/mol. The van der Waals surface area contributed by atoms with Gasteiger partial charge in [-0.3, -0.25) is 9.36 Å². The van der Waals surface area contributed by atoms with Crippen molar-refractivity contribution < 1.29 is 15.0 Å². The number of carbonyl (C=O) groups is 1. The molecule has 1 heterocycles. The zero-order valence-corrected chi connectivity index (χ0v) is 14.3. The van der Waals surface area contributed by atoms with E-state index < -0.39 is 11.5 Å². The molecule has 0 amide bonds. The molecule has 0 saturated carbocycles. The highest BCUT2D eigenvalue weighted by Gasteiger charge is 2.13. The number of nitrogens with one attached hydrogen (secondary N) is 1. The van der Waals surface area contributed by atoms with Gasteiger partial charge in [0.15, 0.2) is 5.57 Å². The molecule has 0 aliphatic heterocycles. The van der Waals surface area contributed by atoms with Gasteiger partial charge in [0.25, 0.3) is 5.56 Å². The maximum absolute atomic E-state index is 12.4. The fraction of sp³-hybridized carbons (Fsp3) is 0.235. The normalized spacial score (nSPS) is 12.6. The predicted molar refractivity (Wildman–Crippen MR) is 95.5 cm³/mol. The molecule has 7 nitrogen and oxygen atoms in total. The highest BCUT2D eigenvalue weighted by Crippen LogP contribution is 2.10. The summed E-state index contributed by atoms with van der Waals surface area (Å²) in [5.41, 5.74) is 0.889. The minimum Gasteiger partial charge on any atom is -0.477 e. The van der Waals surface area contributed by atoms with E-state index in [0.29, 0.717) is 11.0 Å². The maximum Gasteiger partial charge on any atom is 0.349 e. The first kappa shape index (κ1) is 18.4. The third-order valence-electron chi connectivity index (χ3n) is 3.46. The molecule has 0 radical (unpaired) electrons. The van der Waals surface area contributed by atoms with Gasteiger partial charge in [-0.05, 0) is 31.0 Å². The van der Waals surface area contributed by atoms with E-state index in [1.807, 2.05) is 24.3 Å². The number of carboxylic acids is 1. The summed E-state index contributed by atoms with van der Waals surface area (Å²) in [6.07, 6.45) is 2.03. The lowest BCUT2D eigenvalue weighted by atomic mass is 10.1. The monoisotopic (exact) mass is 359 g/mol. The number of carboxylic acid groups (broad SMARTS) is 1. The molecule has 0 fully saturated rings. The first-order chi connectivity index (χ1) is 12.0. The van der Waals surface area contributed by atoms with Crippen molar-refractivity contribution in [1.82, 2.24) is 4.57 Å². The summed E-state index contributed by atoms with van der Waals surface area (Å²) in [6.45, 7) is 2.03. The maximum atomic E-state index is 12.4. The average Bonchev–Trinajstić information content (AvgIpc) is 2.89. The van der Waals surface area contributed by atoms with Crippen LogP contribution in [0.2, 0.25) is 0 Å². The van der Waals surface area contributed by atoms with E-state index in [-0.39, 0.29) is 23.4 Å². The largest absolute Gasteiger partial charge is 0.477 e. The molecule has 1 aromatic heterocycles. The fourth-order valence-electron chi connectivity index (χ4n) is 2.27. The zero-order valence-electron chi connectivity index (χ0n) is 13.5. The molecule has 25 heavy (non-hydrogen) atoms. The molecule has 0 unspecified atom stereocenters. The van der Waals surface area contributed by atoms with Gasteiger partial charge in [-0.2, -0.15) is 5.26 Å². The number of rotatable bonds is 6. The van der Waals surface area contributed by atoms with Crippen LogP contribution in [0.15, 0.2) is 29.1 Å². The van der Waals surface area contributed by atoms with Gasteiger partial charge in [-0.25, -0.2) is 4.79 Å². The molecule has 130 valence electrons. The standard InChI is InChI=1S/C17H17N3O4S/c1-2-20-15(22)14(25-16(20)13(9-18)17(23)24)10-19-12-5-3-4-11(8-12)6-7-21/h3-5,8,10,19,21H,2,6-7H2,1H3,(H,23,24). The van der Waals surface area contributed by atoms with Crippen LogP contribution in [-0.4, -0.2) is 27.4 Å². The first-order valence-electron chi connectivity index (χ1n) is 7.55. The number of aliphatic hydroxyl groups excluding tert-OH is 1. The Bertz CT molecular complexity index is 998. The summed E-state index contributed by atoms with van der Waals surface area (Å²) in [5, 5.41) is 30.1. The Morgan fingerprint density at radius 2 is 2.24 bits per heavy atom. The van der Waals surface area contributed by atoms with Crippen molar-refractivity contribution in [3.63, 3.8) is 0 Å². The van der Waals surface area contributed by atoms with Crippen molar-refractivity contribution in [3.8, 4) is 6.07 Å². The third kappa shape index (κ3) is 4.15. The van der Waals surface area contributed by atoms with Crippen LogP contribution in [0.25, 0.3) is 11.8 Å². The SMILES string of the molecule is CCn1c(=C(C#N)C(=O)O)sc(=CNc2cccc(CCO)c2)c1=O. The molecule has 0 spiro atoms. The van der Waals surface area contributed by atoms with Gasteiger partial charge in [0, 0.05) is 25.0 Å². The third-order valence-corrected chi connectivity index (χ3v) is 4.59. The Kier molecular flexibility index (Phi) is 6.11. The van der Waals surface area contributed by atoms with E-state index in [2.05, 4.69) is 5.32 Å². The van der Waals surface area contributed by atoms with Crippen LogP contribution in [0, 0.1) is 11.3 Å². The Hall–Kier alpha value is -2.89. The number of aromatic nitrogens is 1. The first-order valence-corrected chi connectivity index (χ1v) is 8.37. The van der Waals surface area contributed by atoms with E-state index in [0.717, 1.165) is 22.6 Å². The lowest BCUT2D eigenvalue weighted by molar-refractivity contribution is -0.130. The molecule has 0 atom stereocenters. The van der Waals surface area contributed by atoms with Crippen LogP contribution in [0.5, 0.6) is 0 Å². The lowest BCUT2D eigenvalue weighted by Crippen LogP contribution is -2.32.